The fraction of sp³-hybridized carbons (Fsp3) is 0.333. The van der Waals surface area contributed by atoms with Gasteiger partial charge in [0.05, 0.1) is 4.90 Å². The quantitative estimate of drug-likeness (QED) is 0.761. The van der Waals surface area contributed by atoms with Gasteiger partial charge in [-0.2, -0.15) is 26.3 Å². The van der Waals surface area contributed by atoms with Crippen LogP contribution in [0.2, 0.25) is 0 Å². The Bertz CT molecular complexity index is 798. The number of sulfonamides is 1. The van der Waals surface area contributed by atoms with Gasteiger partial charge in [-0.3, -0.25) is 4.72 Å². The van der Waals surface area contributed by atoms with Crippen LogP contribution in [0.15, 0.2) is 59.2 Å². The number of hydrogen-bond donors (Lipinski definition) is 2. The Hall–Kier alpha value is -2.01. The average Bonchev–Trinajstić information content (AvgIpc) is 2.53. The van der Waals surface area contributed by atoms with E-state index >= 15 is 0 Å². The Kier molecular flexibility index (Phi) is 5.17. The average molecular weight is 401 g/mol. The van der Waals surface area contributed by atoms with Gasteiger partial charge in [-0.25, -0.2) is 8.42 Å². The van der Waals surface area contributed by atoms with Gasteiger partial charge in [0.15, 0.2) is 0 Å². The first-order valence-electron chi connectivity index (χ1n) is 7.11. The normalized spacial score (nSPS) is 19.2. The molecule has 2 N–H and O–H groups in total. The molecule has 0 aromatic heterocycles. The van der Waals surface area contributed by atoms with Gasteiger partial charge in [0, 0.05) is 11.6 Å². The number of aliphatic hydroxyl groups is 1. The van der Waals surface area contributed by atoms with Gasteiger partial charge in [-0.1, -0.05) is 30.4 Å². The van der Waals surface area contributed by atoms with Crippen molar-refractivity contribution in [3.8, 4) is 0 Å². The summed E-state index contributed by atoms with van der Waals surface area (Å²) < 4.78 is 103. The van der Waals surface area contributed by atoms with Crippen molar-refractivity contribution in [1.82, 2.24) is 4.72 Å². The third-order valence-electron chi connectivity index (χ3n) is 3.81. The fourth-order valence-electron chi connectivity index (χ4n) is 2.40. The molecule has 144 valence electrons. The Morgan fingerprint density at radius 1 is 1.00 bits per heavy atom. The predicted octanol–water partition coefficient (Wildman–Crippen LogP) is 3.28. The zero-order valence-corrected chi connectivity index (χ0v) is 13.7. The van der Waals surface area contributed by atoms with Crippen molar-refractivity contribution >= 4 is 10.0 Å². The number of allylic oxidation sites excluding steroid dienone is 2. The van der Waals surface area contributed by atoms with Crippen LogP contribution in [0.1, 0.15) is 6.42 Å². The smallest absolute Gasteiger partial charge is 0.373 e. The molecule has 0 aliphatic heterocycles. The highest BCUT2D eigenvalue weighted by molar-refractivity contribution is 7.89. The van der Waals surface area contributed by atoms with Crippen LogP contribution in [0, 0.1) is 5.92 Å². The summed E-state index contributed by atoms with van der Waals surface area (Å²) in [6.07, 6.45) is -10.7. The molecule has 1 aromatic rings. The number of rotatable bonds is 4. The van der Waals surface area contributed by atoms with Crippen molar-refractivity contribution in [2.24, 2.45) is 5.92 Å². The predicted molar refractivity (Wildman–Crippen MR) is 79.2 cm³/mol. The maximum atomic E-state index is 12.8. The second kappa shape index (κ2) is 6.62. The summed E-state index contributed by atoms with van der Waals surface area (Å²) in [5, 5.41) is 9.34. The van der Waals surface area contributed by atoms with E-state index in [1.54, 1.807) is 6.07 Å². The van der Waals surface area contributed by atoms with Crippen LogP contribution in [0.5, 0.6) is 0 Å². The summed E-state index contributed by atoms with van der Waals surface area (Å²) in [6, 6.07) is 7.00. The van der Waals surface area contributed by atoms with E-state index in [4.69, 9.17) is 0 Å². The molecule has 26 heavy (non-hydrogen) atoms. The van der Waals surface area contributed by atoms with Crippen LogP contribution in [-0.2, 0) is 10.0 Å². The topological polar surface area (TPSA) is 66.4 Å². The minimum atomic E-state index is -5.95. The maximum Gasteiger partial charge on any atom is 0.426 e. The summed E-state index contributed by atoms with van der Waals surface area (Å²) >= 11 is 0. The SMILES string of the molecule is O=S(=O)(NC1=CCC(C(O)(C(F)(F)F)C(F)(F)F)C=C1)c1ccccc1. The molecule has 2 rings (SSSR count). The van der Waals surface area contributed by atoms with Crippen molar-refractivity contribution in [2.45, 2.75) is 29.3 Å². The van der Waals surface area contributed by atoms with E-state index < -0.39 is 40.3 Å². The maximum absolute atomic E-state index is 12.8. The third-order valence-corrected chi connectivity index (χ3v) is 5.20. The first-order chi connectivity index (χ1) is 11.8. The van der Waals surface area contributed by atoms with E-state index in [2.05, 4.69) is 4.72 Å². The molecule has 4 nitrogen and oxygen atoms in total. The molecular formula is C15H13F6NO3S. The lowest BCUT2D eigenvalue weighted by Crippen LogP contribution is -2.61. The molecule has 11 heteroatoms. The van der Waals surface area contributed by atoms with Crippen LogP contribution < -0.4 is 4.72 Å². The molecule has 0 amide bonds. The summed E-state index contributed by atoms with van der Waals surface area (Å²) in [5.41, 5.74) is -5.13. The second-order valence-electron chi connectivity index (χ2n) is 5.54. The van der Waals surface area contributed by atoms with Crippen LogP contribution in [0.4, 0.5) is 26.3 Å². The van der Waals surface area contributed by atoms with E-state index in [9.17, 15) is 39.9 Å². The molecule has 1 aromatic carbocycles. The highest BCUT2D eigenvalue weighted by Crippen LogP contribution is 2.49. The number of alkyl halides is 6. The van der Waals surface area contributed by atoms with Crippen molar-refractivity contribution in [2.75, 3.05) is 0 Å². The Morgan fingerprint density at radius 2 is 1.54 bits per heavy atom. The summed E-state index contributed by atoms with van der Waals surface area (Å²) in [5.74, 6) is -2.34. The monoisotopic (exact) mass is 401 g/mol. The van der Waals surface area contributed by atoms with Gasteiger partial charge in [0.1, 0.15) is 0 Å². The molecule has 1 unspecified atom stereocenters. The van der Waals surface area contributed by atoms with Crippen LogP contribution in [0.25, 0.3) is 0 Å². The molecule has 0 saturated carbocycles. The fourth-order valence-corrected chi connectivity index (χ4v) is 3.50. The Balaban J connectivity index is 2.22. The van der Waals surface area contributed by atoms with E-state index in [0.29, 0.717) is 6.08 Å². The van der Waals surface area contributed by atoms with Crippen molar-refractivity contribution in [3.63, 3.8) is 0 Å². The van der Waals surface area contributed by atoms with Gasteiger partial charge in [-0.15, -0.1) is 0 Å². The van der Waals surface area contributed by atoms with E-state index in [1.807, 2.05) is 0 Å². The highest BCUT2D eigenvalue weighted by Gasteiger charge is 2.73. The van der Waals surface area contributed by atoms with Gasteiger partial charge < -0.3 is 5.11 Å². The standard InChI is InChI=1S/C15H13F6NO3S/c16-14(17,18)13(23,15(19,20)21)10-6-8-11(9-7-10)22-26(24,25)12-4-2-1-3-5-12/h1-6,8-10,22-23H,7H2. The summed E-state index contributed by atoms with van der Waals surface area (Å²) in [7, 11) is -4.05. The lowest BCUT2D eigenvalue weighted by Gasteiger charge is -2.38. The molecule has 1 aliphatic rings. The minimum absolute atomic E-state index is 0.126. The Morgan fingerprint density at radius 3 is 1.96 bits per heavy atom. The van der Waals surface area contributed by atoms with Gasteiger partial charge in [0.25, 0.3) is 15.6 Å². The lowest BCUT2D eigenvalue weighted by atomic mass is 9.81. The molecule has 0 heterocycles. The van der Waals surface area contributed by atoms with Crippen molar-refractivity contribution in [1.29, 1.82) is 0 Å². The third kappa shape index (κ3) is 3.73. The van der Waals surface area contributed by atoms with Crippen molar-refractivity contribution in [3.05, 3.63) is 54.3 Å². The largest absolute Gasteiger partial charge is 0.426 e. The van der Waals surface area contributed by atoms with E-state index in [-0.39, 0.29) is 10.6 Å². The molecule has 0 saturated heterocycles. The van der Waals surface area contributed by atoms with Crippen LogP contribution in [0.3, 0.4) is 0 Å². The second-order valence-corrected chi connectivity index (χ2v) is 7.22. The summed E-state index contributed by atoms with van der Waals surface area (Å²) in [4.78, 5) is -0.126. The van der Waals surface area contributed by atoms with Gasteiger partial charge >= 0.3 is 12.4 Å². The van der Waals surface area contributed by atoms with E-state index in [1.165, 1.54) is 24.3 Å². The molecule has 1 atom stereocenters. The zero-order chi connectivity index (χ0) is 19.8. The first kappa shape index (κ1) is 20.3. The molecule has 0 fully saturated rings. The lowest BCUT2D eigenvalue weighted by molar-refractivity contribution is -0.380. The van der Waals surface area contributed by atoms with Crippen LogP contribution in [-0.4, -0.2) is 31.5 Å². The molecule has 1 aliphatic carbocycles. The number of hydrogen-bond acceptors (Lipinski definition) is 3. The van der Waals surface area contributed by atoms with Crippen molar-refractivity contribution < 1.29 is 39.9 Å². The molecule has 0 bridgehead atoms. The minimum Gasteiger partial charge on any atom is -0.373 e. The zero-order valence-electron chi connectivity index (χ0n) is 12.8. The molecule has 0 spiro atoms. The number of nitrogens with one attached hydrogen (secondary N) is 1. The van der Waals surface area contributed by atoms with Gasteiger partial charge in [0.2, 0.25) is 0 Å². The highest BCUT2D eigenvalue weighted by atomic mass is 32.2. The molecular weight excluding hydrogens is 388 g/mol. The van der Waals surface area contributed by atoms with E-state index in [0.717, 1.165) is 12.2 Å². The first-order valence-corrected chi connectivity index (χ1v) is 8.59. The van der Waals surface area contributed by atoms with Gasteiger partial charge in [-0.05, 0) is 24.6 Å². The number of benzene rings is 1. The number of halogens is 6. The summed E-state index contributed by atoms with van der Waals surface area (Å²) in [6.45, 7) is 0. The Labute approximate surface area is 144 Å². The molecule has 0 radical (unpaired) electrons. The van der Waals surface area contributed by atoms with Crippen LogP contribution >= 0.6 is 0 Å².